The molecule has 0 unspecified atom stereocenters. The summed E-state index contributed by atoms with van der Waals surface area (Å²) in [5.41, 5.74) is 0. The molecule has 0 fully saturated rings. The van der Waals surface area contributed by atoms with Crippen molar-refractivity contribution in [2.45, 2.75) is 115 Å². The minimum atomic E-state index is -1.98. The first-order valence-corrected chi connectivity index (χ1v) is 13.1. The molecule has 27 heavy (non-hydrogen) atoms. The normalized spacial score (nSPS) is 11.5. The molecular formula is C22H42F2O2Si. The van der Waals surface area contributed by atoms with Gasteiger partial charge in [0.15, 0.2) is 0 Å². The van der Waals surface area contributed by atoms with E-state index in [0.29, 0.717) is 6.61 Å². The first-order chi connectivity index (χ1) is 13.2. The summed E-state index contributed by atoms with van der Waals surface area (Å²) in [7, 11) is -1.08. The highest BCUT2D eigenvalue weighted by Crippen LogP contribution is 2.14. The maximum atomic E-state index is 12.0. The quantitative estimate of drug-likeness (QED) is 0.0913. The zero-order valence-corrected chi connectivity index (χ0v) is 18.8. The number of esters is 1. The molecule has 0 bridgehead atoms. The van der Waals surface area contributed by atoms with Gasteiger partial charge in [0.1, 0.15) is 9.52 Å². The van der Waals surface area contributed by atoms with E-state index in [9.17, 15) is 13.6 Å². The summed E-state index contributed by atoms with van der Waals surface area (Å²) in [6.45, 7) is 3.89. The van der Waals surface area contributed by atoms with E-state index in [1.165, 1.54) is 83.1 Å². The summed E-state index contributed by atoms with van der Waals surface area (Å²) in [4.78, 5) is 10.9. The topological polar surface area (TPSA) is 26.3 Å². The average molecular weight is 405 g/mol. The second-order valence-electron chi connectivity index (χ2n) is 7.56. The Morgan fingerprint density at radius 1 is 0.741 bits per heavy atom. The van der Waals surface area contributed by atoms with Crippen molar-refractivity contribution in [3.05, 3.63) is 12.7 Å². The number of ether oxygens (including phenoxy) is 1. The van der Waals surface area contributed by atoms with Crippen molar-refractivity contribution in [2.75, 3.05) is 6.61 Å². The van der Waals surface area contributed by atoms with Crippen LogP contribution in [0.25, 0.3) is 0 Å². The fraction of sp³-hybridized carbons (Fsp3) is 0.864. The highest BCUT2D eigenvalue weighted by Gasteiger charge is 2.02. The Labute approximate surface area is 168 Å². The Bertz CT molecular complexity index is 338. The molecule has 5 heteroatoms. The van der Waals surface area contributed by atoms with Crippen LogP contribution in [-0.2, 0) is 9.53 Å². The molecule has 0 N–H and O–H groups in total. The van der Waals surface area contributed by atoms with Gasteiger partial charge >= 0.3 is 5.97 Å². The van der Waals surface area contributed by atoms with Gasteiger partial charge in [-0.3, -0.25) is 0 Å². The van der Waals surface area contributed by atoms with Crippen LogP contribution in [0.5, 0.6) is 0 Å². The highest BCUT2D eigenvalue weighted by molar-refractivity contribution is 6.36. The molecule has 0 aliphatic rings. The zero-order chi connectivity index (χ0) is 20.0. The molecule has 2 nitrogen and oxygen atoms in total. The second-order valence-corrected chi connectivity index (χ2v) is 9.46. The zero-order valence-electron chi connectivity index (χ0n) is 17.4. The SMILES string of the molecule is C=CC(=O)OCCCCCCCCCCCCCCCCCC[SiH2]C(F)F. The number of hydrogen-bond acceptors (Lipinski definition) is 2. The van der Waals surface area contributed by atoms with Crippen LogP contribution >= 0.6 is 0 Å². The van der Waals surface area contributed by atoms with Gasteiger partial charge in [0.25, 0.3) is 0 Å². The Morgan fingerprint density at radius 3 is 1.48 bits per heavy atom. The van der Waals surface area contributed by atoms with Crippen molar-refractivity contribution in [1.82, 2.24) is 0 Å². The van der Waals surface area contributed by atoms with Gasteiger partial charge in [-0.25, -0.2) is 13.6 Å². The van der Waals surface area contributed by atoms with Crippen molar-refractivity contribution in [2.24, 2.45) is 0 Å². The molecule has 0 rings (SSSR count). The molecule has 0 aliphatic heterocycles. The Hall–Kier alpha value is -0.713. The van der Waals surface area contributed by atoms with Crippen molar-refractivity contribution >= 4 is 15.5 Å². The van der Waals surface area contributed by atoms with E-state index in [2.05, 4.69) is 6.58 Å². The number of rotatable bonds is 21. The minimum Gasteiger partial charge on any atom is -0.463 e. The first-order valence-electron chi connectivity index (χ1n) is 11.2. The molecular weight excluding hydrogens is 362 g/mol. The minimum absolute atomic E-state index is 0.320. The number of alkyl halides is 2. The van der Waals surface area contributed by atoms with E-state index in [4.69, 9.17) is 4.74 Å². The molecule has 0 aliphatic carbocycles. The molecule has 0 aromatic carbocycles. The van der Waals surface area contributed by atoms with E-state index in [0.717, 1.165) is 31.7 Å². The third-order valence-electron chi connectivity index (χ3n) is 4.98. The van der Waals surface area contributed by atoms with E-state index in [1.54, 1.807) is 0 Å². The fourth-order valence-electron chi connectivity index (χ4n) is 3.28. The van der Waals surface area contributed by atoms with Gasteiger partial charge in [0.05, 0.1) is 6.61 Å². The number of carbonyl (C=O) groups is 1. The van der Waals surface area contributed by atoms with Crippen LogP contribution < -0.4 is 0 Å². The maximum absolute atomic E-state index is 12.0. The predicted octanol–water partition coefficient (Wildman–Crippen LogP) is 6.77. The number of hydrogen-bond donors (Lipinski definition) is 0. The monoisotopic (exact) mass is 404 g/mol. The van der Waals surface area contributed by atoms with Crippen molar-refractivity contribution in [3.63, 3.8) is 0 Å². The standard InChI is InChI=1S/C22H42F2O2Si/c1-2-21(25)26-19-17-15-13-11-9-7-5-3-4-6-8-10-12-14-16-18-20-27-22(23)24/h2,22H,1,3-20,27H2. The van der Waals surface area contributed by atoms with E-state index < -0.39 is 15.6 Å². The smallest absolute Gasteiger partial charge is 0.330 e. The summed E-state index contributed by atoms with van der Waals surface area (Å²) < 4.78 is 29.0. The largest absolute Gasteiger partial charge is 0.463 e. The Balaban J connectivity index is 3.03. The number of carbonyl (C=O) groups excluding carboxylic acids is 1. The summed E-state index contributed by atoms with van der Waals surface area (Å²) in [6, 6.07) is -1.16. The van der Waals surface area contributed by atoms with Crippen LogP contribution in [0.1, 0.15) is 103 Å². The Kier molecular flexibility index (Phi) is 21.0. The van der Waals surface area contributed by atoms with Gasteiger partial charge in [-0.1, -0.05) is 109 Å². The molecule has 0 spiro atoms. The van der Waals surface area contributed by atoms with Crippen LogP contribution in [0.4, 0.5) is 8.78 Å². The summed E-state index contributed by atoms with van der Waals surface area (Å²) >= 11 is 0. The molecule has 0 radical (unpaired) electrons. The van der Waals surface area contributed by atoms with E-state index in [-0.39, 0.29) is 5.97 Å². The molecule has 160 valence electrons. The van der Waals surface area contributed by atoms with Crippen LogP contribution in [0.2, 0.25) is 6.04 Å². The van der Waals surface area contributed by atoms with Crippen molar-refractivity contribution in [3.8, 4) is 0 Å². The summed E-state index contributed by atoms with van der Waals surface area (Å²) in [5, 5.41) is 0. The maximum Gasteiger partial charge on any atom is 0.330 e. The second kappa shape index (κ2) is 21.6. The predicted molar refractivity (Wildman–Crippen MR) is 114 cm³/mol. The first kappa shape index (κ1) is 26.3. The Morgan fingerprint density at radius 2 is 1.11 bits per heavy atom. The number of unbranched alkanes of at least 4 members (excludes halogenated alkanes) is 15. The molecule has 0 aromatic rings. The van der Waals surface area contributed by atoms with E-state index >= 15 is 0 Å². The molecule has 0 atom stereocenters. The van der Waals surface area contributed by atoms with Crippen molar-refractivity contribution < 1.29 is 18.3 Å². The third-order valence-corrected chi connectivity index (χ3v) is 6.32. The van der Waals surface area contributed by atoms with Gasteiger partial charge in [-0.2, -0.15) is 0 Å². The molecule has 0 heterocycles. The fourth-order valence-corrected chi connectivity index (χ4v) is 4.23. The lowest BCUT2D eigenvalue weighted by Crippen LogP contribution is -2.02. The molecule has 0 saturated heterocycles. The van der Waals surface area contributed by atoms with Crippen LogP contribution in [-0.4, -0.2) is 28.1 Å². The average Bonchev–Trinajstić information content (AvgIpc) is 2.65. The van der Waals surface area contributed by atoms with Gasteiger partial charge in [0, 0.05) is 6.08 Å². The lowest BCUT2D eigenvalue weighted by molar-refractivity contribution is -0.137. The summed E-state index contributed by atoms with van der Waals surface area (Å²) in [5.74, 6) is -0.320. The van der Waals surface area contributed by atoms with Gasteiger partial charge < -0.3 is 4.74 Å². The molecule has 0 aromatic heterocycles. The van der Waals surface area contributed by atoms with Crippen LogP contribution in [0, 0.1) is 0 Å². The van der Waals surface area contributed by atoms with Gasteiger partial charge in [0.2, 0.25) is 6.05 Å². The van der Waals surface area contributed by atoms with Crippen LogP contribution in [0.3, 0.4) is 0 Å². The number of halogens is 2. The van der Waals surface area contributed by atoms with Gasteiger partial charge in [-0.15, -0.1) is 0 Å². The lowest BCUT2D eigenvalue weighted by atomic mass is 10.0. The molecule has 0 amide bonds. The van der Waals surface area contributed by atoms with E-state index in [1.807, 2.05) is 0 Å². The lowest BCUT2D eigenvalue weighted by Gasteiger charge is -2.04. The third kappa shape index (κ3) is 23.2. The highest BCUT2D eigenvalue weighted by atomic mass is 28.2. The van der Waals surface area contributed by atoms with Crippen LogP contribution in [0.15, 0.2) is 12.7 Å². The summed E-state index contributed by atoms with van der Waals surface area (Å²) in [6.07, 6.45) is 21.2. The van der Waals surface area contributed by atoms with Gasteiger partial charge in [-0.05, 0) is 6.42 Å². The molecule has 0 saturated carbocycles. The van der Waals surface area contributed by atoms with Crippen molar-refractivity contribution in [1.29, 1.82) is 0 Å².